The number of benzene rings is 2. The summed E-state index contributed by atoms with van der Waals surface area (Å²) in [5, 5.41) is 0.793. The minimum atomic E-state index is 0.410. The molecular weight excluding hydrogens is 414 g/mol. The Morgan fingerprint density at radius 3 is 2.50 bits per heavy atom. The number of halogens is 1. The molecule has 1 heterocycles. The molecule has 1 saturated heterocycles. The number of aryl methyl sites for hydroxylation is 1. The highest BCUT2D eigenvalue weighted by Crippen LogP contribution is 2.33. The van der Waals surface area contributed by atoms with Crippen molar-refractivity contribution in [1.29, 1.82) is 0 Å². The van der Waals surface area contributed by atoms with E-state index in [0.29, 0.717) is 6.04 Å². The first-order valence-electron chi connectivity index (χ1n) is 11.4. The Morgan fingerprint density at radius 2 is 1.88 bits per heavy atom. The van der Waals surface area contributed by atoms with Crippen LogP contribution in [0.5, 0.6) is 0 Å². The minimum Gasteiger partial charge on any atom is -0.398 e. The summed E-state index contributed by atoms with van der Waals surface area (Å²) >= 11 is 6.18. The van der Waals surface area contributed by atoms with E-state index in [0.717, 1.165) is 72.1 Å². The summed E-state index contributed by atoms with van der Waals surface area (Å²) in [7, 11) is 0. The van der Waals surface area contributed by atoms with E-state index in [-0.39, 0.29) is 0 Å². The van der Waals surface area contributed by atoms with E-state index in [1.54, 1.807) is 0 Å². The van der Waals surface area contributed by atoms with Crippen LogP contribution >= 0.6 is 11.6 Å². The normalized spacial score (nSPS) is 16.8. The average molecular weight is 450 g/mol. The van der Waals surface area contributed by atoms with Gasteiger partial charge in [-0.25, -0.2) is 0 Å². The van der Waals surface area contributed by atoms with E-state index in [1.165, 1.54) is 16.7 Å². The third-order valence-electron chi connectivity index (χ3n) is 6.37. The Hall–Kier alpha value is -2.49. The highest BCUT2D eigenvalue weighted by Gasteiger charge is 2.26. The second-order valence-corrected chi connectivity index (χ2v) is 9.38. The van der Waals surface area contributed by atoms with Crippen LogP contribution in [0.1, 0.15) is 49.4 Å². The van der Waals surface area contributed by atoms with Crippen LogP contribution in [0.3, 0.4) is 0 Å². The SMILES string of the molecule is C=C(C)C(=C)c1cc(C(=C)N2CCN(Cc3cccc(Cl)c3)C(C)C2)c(CCC)cc1N. The Morgan fingerprint density at radius 1 is 1.12 bits per heavy atom. The fourth-order valence-corrected chi connectivity index (χ4v) is 4.63. The predicted molar refractivity (Wildman–Crippen MR) is 141 cm³/mol. The zero-order chi connectivity index (χ0) is 23.4. The van der Waals surface area contributed by atoms with Crippen LogP contribution in [-0.2, 0) is 13.0 Å². The van der Waals surface area contributed by atoms with E-state index < -0.39 is 0 Å². The largest absolute Gasteiger partial charge is 0.398 e. The number of hydrogen-bond donors (Lipinski definition) is 1. The number of nitrogen functional groups attached to an aromatic ring is 1. The average Bonchev–Trinajstić information content (AvgIpc) is 2.74. The smallest absolute Gasteiger partial charge is 0.0409 e. The molecule has 2 aromatic rings. The van der Waals surface area contributed by atoms with E-state index in [4.69, 9.17) is 17.3 Å². The lowest BCUT2D eigenvalue weighted by atomic mass is 9.91. The molecular formula is C28H36ClN3. The van der Waals surface area contributed by atoms with Crippen LogP contribution in [0.2, 0.25) is 5.02 Å². The van der Waals surface area contributed by atoms with Crippen molar-refractivity contribution in [2.45, 2.75) is 46.2 Å². The molecule has 3 rings (SSSR count). The lowest BCUT2D eigenvalue weighted by Gasteiger charge is -2.42. The molecule has 0 spiro atoms. The van der Waals surface area contributed by atoms with Crippen molar-refractivity contribution in [3.05, 3.63) is 89.0 Å². The molecule has 1 fully saturated rings. The molecule has 2 aromatic carbocycles. The van der Waals surface area contributed by atoms with Crippen molar-refractivity contribution in [3.8, 4) is 0 Å². The Balaban J connectivity index is 1.80. The third kappa shape index (κ3) is 5.46. The molecule has 0 radical (unpaired) electrons. The standard InChI is InChI=1S/C28H36ClN3/c1-7-9-24-15-28(30)26(21(5)19(2)3)16-27(24)22(6)32-13-12-31(20(4)17-32)18-23-10-8-11-25(29)14-23/h8,10-11,14-16,20H,2,5-7,9,12-13,17-18,30H2,1,3-4H3. The van der Waals surface area contributed by atoms with Gasteiger partial charge in [0.25, 0.3) is 0 Å². The third-order valence-corrected chi connectivity index (χ3v) is 6.60. The predicted octanol–water partition coefficient (Wildman–Crippen LogP) is 6.64. The number of nitrogens with two attached hydrogens (primary N) is 1. The van der Waals surface area contributed by atoms with Gasteiger partial charge < -0.3 is 10.6 Å². The number of hydrogen-bond acceptors (Lipinski definition) is 3. The van der Waals surface area contributed by atoms with Crippen LogP contribution < -0.4 is 5.73 Å². The van der Waals surface area contributed by atoms with Crippen molar-refractivity contribution in [2.75, 3.05) is 25.4 Å². The summed E-state index contributed by atoms with van der Waals surface area (Å²) < 4.78 is 0. The molecule has 0 aromatic heterocycles. The molecule has 1 unspecified atom stereocenters. The van der Waals surface area contributed by atoms with Gasteiger partial charge in [0.2, 0.25) is 0 Å². The van der Waals surface area contributed by atoms with E-state index in [2.05, 4.69) is 67.6 Å². The molecule has 4 heteroatoms. The van der Waals surface area contributed by atoms with Crippen LogP contribution in [0.4, 0.5) is 5.69 Å². The molecule has 0 saturated carbocycles. The second-order valence-electron chi connectivity index (χ2n) is 8.95. The van der Waals surface area contributed by atoms with Crippen LogP contribution in [-0.4, -0.2) is 35.5 Å². The molecule has 32 heavy (non-hydrogen) atoms. The summed E-state index contributed by atoms with van der Waals surface area (Å²) in [6.07, 6.45) is 2.03. The van der Waals surface area contributed by atoms with Gasteiger partial charge in [-0.3, -0.25) is 4.90 Å². The maximum absolute atomic E-state index is 6.40. The van der Waals surface area contributed by atoms with E-state index >= 15 is 0 Å². The topological polar surface area (TPSA) is 32.5 Å². The van der Waals surface area contributed by atoms with Crippen molar-refractivity contribution in [2.24, 2.45) is 0 Å². The van der Waals surface area contributed by atoms with Crippen molar-refractivity contribution in [3.63, 3.8) is 0 Å². The first kappa shape index (κ1) is 24.2. The second kappa shape index (κ2) is 10.4. The lowest BCUT2D eigenvalue weighted by molar-refractivity contribution is 0.111. The zero-order valence-electron chi connectivity index (χ0n) is 19.8. The number of rotatable bonds is 8. The molecule has 0 aliphatic carbocycles. The zero-order valence-corrected chi connectivity index (χ0v) is 20.5. The molecule has 1 atom stereocenters. The van der Waals surface area contributed by atoms with Crippen molar-refractivity contribution in [1.82, 2.24) is 9.80 Å². The van der Waals surface area contributed by atoms with Crippen LogP contribution in [0.15, 0.2) is 61.7 Å². The minimum absolute atomic E-state index is 0.410. The highest BCUT2D eigenvalue weighted by atomic mass is 35.5. The molecule has 170 valence electrons. The fourth-order valence-electron chi connectivity index (χ4n) is 4.42. The summed E-state index contributed by atoms with van der Waals surface area (Å²) in [5.74, 6) is 0. The first-order chi connectivity index (χ1) is 15.2. The van der Waals surface area contributed by atoms with Gasteiger partial charge >= 0.3 is 0 Å². The van der Waals surface area contributed by atoms with Gasteiger partial charge in [-0.2, -0.15) is 0 Å². The lowest BCUT2D eigenvalue weighted by Crippen LogP contribution is -2.50. The molecule has 0 amide bonds. The molecule has 0 bridgehead atoms. The van der Waals surface area contributed by atoms with Gasteiger partial charge in [0.15, 0.2) is 0 Å². The number of nitrogens with zero attached hydrogens (tertiary/aromatic N) is 2. The Labute approximate surface area is 198 Å². The quantitative estimate of drug-likeness (QED) is 0.362. The Kier molecular flexibility index (Phi) is 7.86. The summed E-state index contributed by atoms with van der Waals surface area (Å²) in [5.41, 5.74) is 14.7. The fraction of sp³-hybridized carbons (Fsp3) is 0.357. The molecule has 3 nitrogen and oxygen atoms in total. The summed E-state index contributed by atoms with van der Waals surface area (Å²) in [6.45, 7) is 23.0. The van der Waals surface area contributed by atoms with Gasteiger partial charge in [0.1, 0.15) is 0 Å². The van der Waals surface area contributed by atoms with Gasteiger partial charge in [-0.1, -0.05) is 62.4 Å². The van der Waals surface area contributed by atoms with E-state index in [1.807, 2.05) is 19.1 Å². The molecule has 2 N–H and O–H groups in total. The van der Waals surface area contributed by atoms with Gasteiger partial charge in [0, 0.05) is 59.8 Å². The summed E-state index contributed by atoms with van der Waals surface area (Å²) in [4.78, 5) is 4.93. The maximum Gasteiger partial charge on any atom is 0.0409 e. The number of anilines is 1. The Bertz CT molecular complexity index is 1020. The first-order valence-corrected chi connectivity index (χ1v) is 11.8. The van der Waals surface area contributed by atoms with Gasteiger partial charge in [-0.15, -0.1) is 0 Å². The van der Waals surface area contributed by atoms with Crippen molar-refractivity contribution < 1.29 is 0 Å². The van der Waals surface area contributed by atoms with Crippen LogP contribution in [0.25, 0.3) is 11.3 Å². The van der Waals surface area contributed by atoms with Crippen LogP contribution in [0, 0.1) is 0 Å². The maximum atomic E-state index is 6.40. The number of piperazine rings is 1. The van der Waals surface area contributed by atoms with E-state index in [9.17, 15) is 0 Å². The number of allylic oxidation sites excluding steroid dienone is 2. The molecule has 1 aliphatic rings. The van der Waals surface area contributed by atoms with Gasteiger partial charge in [-0.05, 0) is 61.2 Å². The summed E-state index contributed by atoms with van der Waals surface area (Å²) in [6, 6.07) is 12.8. The van der Waals surface area contributed by atoms with Gasteiger partial charge in [0.05, 0.1) is 0 Å². The monoisotopic (exact) mass is 449 g/mol. The molecule has 1 aliphatic heterocycles. The highest BCUT2D eigenvalue weighted by molar-refractivity contribution is 6.30. The van der Waals surface area contributed by atoms with Crippen molar-refractivity contribution >= 4 is 28.6 Å².